The molecule has 3 nitrogen and oxygen atoms in total. The molecule has 2 aromatic carbocycles. The van der Waals surface area contributed by atoms with Crippen LogP contribution in [0.25, 0.3) is 11.1 Å². The van der Waals surface area contributed by atoms with Crippen LogP contribution in [0.5, 0.6) is 0 Å². The molecule has 5 heteroatoms. The van der Waals surface area contributed by atoms with Crippen LogP contribution >= 0.6 is 34.2 Å². The molecule has 20 heavy (non-hydrogen) atoms. The van der Waals surface area contributed by atoms with Crippen LogP contribution < -0.4 is 10.6 Å². The zero-order valence-electron chi connectivity index (χ0n) is 10.7. The first-order valence-electron chi connectivity index (χ1n) is 6.16. The van der Waals surface area contributed by atoms with E-state index in [0.29, 0.717) is 12.4 Å². The number of urea groups is 1. The number of rotatable bonds is 4. The van der Waals surface area contributed by atoms with Gasteiger partial charge in [0, 0.05) is 21.7 Å². The minimum Gasteiger partial charge on any atom is -0.337 e. The van der Waals surface area contributed by atoms with Crippen LogP contribution in [-0.2, 0) is 0 Å². The molecule has 2 N–H and O–H groups in total. The molecule has 104 valence electrons. The van der Waals surface area contributed by atoms with Crippen molar-refractivity contribution in [2.45, 2.75) is 0 Å². The number of halogens is 2. The lowest BCUT2D eigenvalue weighted by molar-refractivity contribution is 0.252. The maximum absolute atomic E-state index is 11.5. The second kappa shape index (κ2) is 7.50. The summed E-state index contributed by atoms with van der Waals surface area (Å²) in [7, 11) is 0. The molecule has 2 aromatic rings. The summed E-state index contributed by atoms with van der Waals surface area (Å²) in [6, 6.07) is 15.8. The normalized spacial score (nSPS) is 10.1. The molecule has 0 unspecified atom stereocenters. The van der Waals surface area contributed by atoms with Crippen LogP contribution in [0.3, 0.4) is 0 Å². The van der Waals surface area contributed by atoms with Crippen molar-refractivity contribution in [1.29, 1.82) is 0 Å². The van der Waals surface area contributed by atoms with Crippen LogP contribution in [-0.4, -0.2) is 18.5 Å². The highest BCUT2D eigenvalue weighted by molar-refractivity contribution is 14.1. The van der Waals surface area contributed by atoms with E-state index in [-0.39, 0.29) is 6.03 Å². The van der Waals surface area contributed by atoms with Crippen molar-refractivity contribution in [1.82, 2.24) is 5.32 Å². The average Bonchev–Trinajstić information content (AvgIpc) is 2.47. The van der Waals surface area contributed by atoms with Gasteiger partial charge in [-0.25, -0.2) is 4.79 Å². The van der Waals surface area contributed by atoms with Gasteiger partial charge in [-0.1, -0.05) is 24.3 Å². The van der Waals surface area contributed by atoms with Gasteiger partial charge in [-0.15, -0.1) is 11.6 Å². The average molecular weight is 401 g/mol. The molecule has 2 amide bonds. The first-order valence-corrected chi connectivity index (χ1v) is 7.77. The van der Waals surface area contributed by atoms with Gasteiger partial charge < -0.3 is 10.6 Å². The molecule has 0 fully saturated rings. The largest absolute Gasteiger partial charge is 0.337 e. The summed E-state index contributed by atoms with van der Waals surface area (Å²) in [6.07, 6.45) is 0. The standard InChI is InChI=1S/C15H14ClIN2O/c16-9-10-18-15(20)19-14-7-3-12(4-8-14)11-1-5-13(17)6-2-11/h1-8H,9-10H2,(H2,18,19,20). The van der Waals surface area contributed by atoms with Crippen LogP contribution in [0.2, 0.25) is 0 Å². The Labute approximate surface area is 136 Å². The number of carbonyl (C=O) groups excluding carboxylic acids is 1. The highest BCUT2D eigenvalue weighted by Crippen LogP contribution is 2.22. The predicted octanol–water partition coefficient (Wildman–Crippen LogP) is 4.32. The van der Waals surface area contributed by atoms with Gasteiger partial charge in [0.05, 0.1) is 0 Å². The van der Waals surface area contributed by atoms with Gasteiger partial charge in [0.1, 0.15) is 0 Å². The van der Waals surface area contributed by atoms with Crippen LogP contribution in [0, 0.1) is 3.57 Å². The molecule has 0 aliphatic carbocycles. The molecule has 0 radical (unpaired) electrons. The number of carbonyl (C=O) groups is 1. The summed E-state index contributed by atoms with van der Waals surface area (Å²) in [5, 5.41) is 5.41. The fraction of sp³-hybridized carbons (Fsp3) is 0.133. The van der Waals surface area contributed by atoms with Crippen molar-refractivity contribution in [2.75, 3.05) is 17.7 Å². The van der Waals surface area contributed by atoms with Crippen LogP contribution in [0.15, 0.2) is 48.5 Å². The highest BCUT2D eigenvalue weighted by Gasteiger charge is 2.02. The molecule has 0 aliphatic rings. The number of hydrogen-bond acceptors (Lipinski definition) is 1. The molecule has 0 atom stereocenters. The van der Waals surface area contributed by atoms with E-state index >= 15 is 0 Å². The quantitative estimate of drug-likeness (QED) is 0.582. The number of amides is 2. The smallest absolute Gasteiger partial charge is 0.319 e. The van der Waals surface area contributed by atoms with Gasteiger partial charge in [-0.3, -0.25) is 0 Å². The number of alkyl halides is 1. The highest BCUT2D eigenvalue weighted by atomic mass is 127. The fourth-order valence-electron chi connectivity index (χ4n) is 1.72. The minimum atomic E-state index is -0.243. The van der Waals surface area contributed by atoms with Crippen LogP contribution in [0.4, 0.5) is 10.5 Å². The second-order valence-electron chi connectivity index (χ2n) is 4.15. The number of nitrogens with one attached hydrogen (secondary N) is 2. The summed E-state index contributed by atoms with van der Waals surface area (Å²) in [5.74, 6) is 0.402. The minimum absolute atomic E-state index is 0.243. The molecule has 0 bridgehead atoms. The van der Waals surface area contributed by atoms with Crippen molar-refractivity contribution < 1.29 is 4.79 Å². The van der Waals surface area contributed by atoms with Gasteiger partial charge in [-0.05, 0) is 58.0 Å². The molecular formula is C15H14ClIN2O. The zero-order valence-corrected chi connectivity index (χ0v) is 13.6. The second-order valence-corrected chi connectivity index (χ2v) is 5.78. The third-order valence-corrected chi connectivity index (χ3v) is 3.61. The number of anilines is 1. The molecule has 0 saturated carbocycles. The van der Waals surface area contributed by atoms with Crippen molar-refractivity contribution in [2.24, 2.45) is 0 Å². The van der Waals surface area contributed by atoms with E-state index in [0.717, 1.165) is 16.8 Å². The molecule has 0 spiro atoms. The Bertz CT molecular complexity index is 569. The summed E-state index contributed by atoms with van der Waals surface area (Å²) in [5.41, 5.74) is 3.03. The van der Waals surface area contributed by atoms with Gasteiger partial charge in [0.25, 0.3) is 0 Å². The molecule has 2 rings (SSSR count). The number of hydrogen-bond donors (Lipinski definition) is 2. The maximum Gasteiger partial charge on any atom is 0.319 e. The summed E-state index contributed by atoms with van der Waals surface area (Å²) in [6.45, 7) is 0.453. The monoisotopic (exact) mass is 400 g/mol. The lowest BCUT2D eigenvalue weighted by Crippen LogP contribution is -2.30. The van der Waals surface area contributed by atoms with E-state index < -0.39 is 0 Å². The summed E-state index contributed by atoms with van der Waals surface area (Å²) < 4.78 is 1.21. The van der Waals surface area contributed by atoms with Crippen molar-refractivity contribution in [3.05, 3.63) is 52.1 Å². The molecular weight excluding hydrogens is 387 g/mol. The van der Waals surface area contributed by atoms with E-state index in [9.17, 15) is 4.79 Å². The Morgan fingerprint density at radius 1 is 1.00 bits per heavy atom. The van der Waals surface area contributed by atoms with Crippen LogP contribution in [0.1, 0.15) is 0 Å². The maximum atomic E-state index is 11.5. The summed E-state index contributed by atoms with van der Waals surface area (Å²) in [4.78, 5) is 11.5. The van der Waals surface area contributed by atoms with Gasteiger partial charge in [0.2, 0.25) is 0 Å². The topological polar surface area (TPSA) is 41.1 Å². The van der Waals surface area contributed by atoms with E-state index in [1.807, 2.05) is 24.3 Å². The van der Waals surface area contributed by atoms with E-state index in [1.165, 1.54) is 3.57 Å². The lowest BCUT2D eigenvalue weighted by Gasteiger charge is -2.07. The Hall–Kier alpha value is -1.27. The first kappa shape index (κ1) is 15.1. The van der Waals surface area contributed by atoms with E-state index in [4.69, 9.17) is 11.6 Å². The predicted molar refractivity (Wildman–Crippen MR) is 92.3 cm³/mol. The Balaban J connectivity index is 2.02. The Kier molecular flexibility index (Phi) is 5.67. The molecule has 0 heterocycles. The molecule has 0 aromatic heterocycles. The summed E-state index contributed by atoms with van der Waals surface area (Å²) >= 11 is 7.79. The van der Waals surface area contributed by atoms with Gasteiger partial charge in [-0.2, -0.15) is 0 Å². The zero-order chi connectivity index (χ0) is 14.4. The van der Waals surface area contributed by atoms with E-state index in [2.05, 4.69) is 57.5 Å². The molecule has 0 saturated heterocycles. The Morgan fingerprint density at radius 3 is 2.10 bits per heavy atom. The van der Waals surface area contributed by atoms with Crippen molar-refractivity contribution in [3.63, 3.8) is 0 Å². The third kappa shape index (κ3) is 4.38. The first-order chi connectivity index (χ1) is 9.69. The van der Waals surface area contributed by atoms with Gasteiger partial charge in [0.15, 0.2) is 0 Å². The Morgan fingerprint density at radius 2 is 1.55 bits per heavy atom. The molecule has 0 aliphatic heterocycles. The van der Waals surface area contributed by atoms with Crippen molar-refractivity contribution in [3.8, 4) is 11.1 Å². The van der Waals surface area contributed by atoms with E-state index in [1.54, 1.807) is 0 Å². The lowest BCUT2D eigenvalue weighted by atomic mass is 10.1. The van der Waals surface area contributed by atoms with Crippen molar-refractivity contribution >= 4 is 45.9 Å². The third-order valence-electron chi connectivity index (χ3n) is 2.70. The fourth-order valence-corrected chi connectivity index (χ4v) is 2.18. The van der Waals surface area contributed by atoms with Gasteiger partial charge >= 0.3 is 6.03 Å². The SMILES string of the molecule is O=C(NCCCl)Nc1ccc(-c2ccc(I)cc2)cc1. The number of benzene rings is 2.